The first-order valence-electron chi connectivity index (χ1n) is 6.24. The van der Waals surface area contributed by atoms with Gasteiger partial charge in [-0.25, -0.2) is 0 Å². The molecule has 0 aromatic rings. The average molecular weight is 212 g/mol. The van der Waals surface area contributed by atoms with Gasteiger partial charge in [0.25, 0.3) is 0 Å². The summed E-state index contributed by atoms with van der Waals surface area (Å²) in [6.45, 7) is 5.68. The summed E-state index contributed by atoms with van der Waals surface area (Å²) >= 11 is 0. The maximum atomic E-state index is 11.9. The van der Waals surface area contributed by atoms with Gasteiger partial charge in [0.15, 0.2) is 0 Å². The highest BCUT2D eigenvalue weighted by molar-refractivity contribution is 5.76. The van der Waals surface area contributed by atoms with Crippen LogP contribution in [0.2, 0.25) is 0 Å². The van der Waals surface area contributed by atoms with Crippen LogP contribution < -0.4 is 5.73 Å². The van der Waals surface area contributed by atoms with E-state index in [1.54, 1.807) is 0 Å². The van der Waals surface area contributed by atoms with Gasteiger partial charge >= 0.3 is 0 Å². The van der Waals surface area contributed by atoms with Crippen molar-refractivity contribution >= 4 is 5.91 Å². The first-order valence-corrected chi connectivity index (χ1v) is 6.24. The molecule has 1 aliphatic rings. The highest BCUT2D eigenvalue weighted by atomic mass is 16.2. The molecule has 1 saturated carbocycles. The second-order valence-electron chi connectivity index (χ2n) is 4.42. The predicted octanol–water partition coefficient (Wildman–Crippen LogP) is 1.76. The van der Waals surface area contributed by atoms with Crippen molar-refractivity contribution in [2.45, 2.75) is 52.0 Å². The minimum atomic E-state index is 0.311. The number of nitrogens with two attached hydrogens (primary N) is 1. The van der Waals surface area contributed by atoms with Crippen molar-refractivity contribution in [2.75, 3.05) is 13.1 Å². The van der Waals surface area contributed by atoms with E-state index < -0.39 is 0 Å². The van der Waals surface area contributed by atoms with Crippen LogP contribution in [0.5, 0.6) is 0 Å². The molecule has 0 heterocycles. The van der Waals surface area contributed by atoms with Crippen LogP contribution in [0, 0.1) is 5.92 Å². The monoisotopic (exact) mass is 212 g/mol. The molecule has 0 saturated heterocycles. The molecule has 0 radical (unpaired) electrons. The van der Waals surface area contributed by atoms with Crippen molar-refractivity contribution in [3.05, 3.63) is 0 Å². The van der Waals surface area contributed by atoms with Crippen molar-refractivity contribution < 1.29 is 4.79 Å². The van der Waals surface area contributed by atoms with E-state index in [2.05, 4.69) is 13.8 Å². The molecule has 15 heavy (non-hydrogen) atoms. The Bertz CT molecular complexity index is 206. The molecular weight excluding hydrogens is 188 g/mol. The van der Waals surface area contributed by atoms with Crippen LogP contribution in [0.4, 0.5) is 0 Å². The summed E-state index contributed by atoms with van der Waals surface area (Å²) in [5.74, 6) is 0.844. The number of nitrogens with zero attached hydrogens (tertiary/aromatic N) is 1. The zero-order chi connectivity index (χ0) is 11.3. The van der Waals surface area contributed by atoms with Gasteiger partial charge in [0.2, 0.25) is 5.91 Å². The molecule has 0 aliphatic heterocycles. The van der Waals surface area contributed by atoms with Gasteiger partial charge in [-0.05, 0) is 38.6 Å². The lowest BCUT2D eigenvalue weighted by molar-refractivity contribution is -0.134. The van der Waals surface area contributed by atoms with Gasteiger partial charge < -0.3 is 10.6 Å². The summed E-state index contributed by atoms with van der Waals surface area (Å²) in [4.78, 5) is 14.0. The minimum absolute atomic E-state index is 0.311. The highest BCUT2D eigenvalue weighted by Crippen LogP contribution is 2.29. The molecule has 1 amide bonds. The molecule has 1 fully saturated rings. The molecule has 0 aromatic heterocycles. The van der Waals surface area contributed by atoms with Crippen LogP contribution in [0.25, 0.3) is 0 Å². The van der Waals surface area contributed by atoms with Crippen LogP contribution in [-0.2, 0) is 4.79 Å². The Hall–Kier alpha value is -0.570. The smallest absolute Gasteiger partial charge is 0.222 e. The average Bonchev–Trinajstić information content (AvgIpc) is 2.67. The fourth-order valence-corrected chi connectivity index (χ4v) is 2.66. The first-order chi connectivity index (χ1) is 7.24. The predicted molar refractivity (Wildman–Crippen MR) is 62.5 cm³/mol. The number of carbonyl (C=O) groups excluding carboxylic acids is 1. The number of hydrogen-bond acceptors (Lipinski definition) is 2. The van der Waals surface area contributed by atoms with Gasteiger partial charge in [-0.3, -0.25) is 4.79 Å². The van der Waals surface area contributed by atoms with E-state index in [0.29, 0.717) is 24.3 Å². The highest BCUT2D eigenvalue weighted by Gasteiger charge is 2.32. The van der Waals surface area contributed by atoms with E-state index in [4.69, 9.17) is 5.73 Å². The Balaban J connectivity index is 2.60. The Morgan fingerprint density at radius 3 is 2.67 bits per heavy atom. The summed E-state index contributed by atoms with van der Waals surface area (Å²) in [5.41, 5.74) is 5.75. The normalized spacial score (nSPS) is 25.5. The van der Waals surface area contributed by atoms with Gasteiger partial charge in [-0.1, -0.05) is 13.3 Å². The molecule has 0 aromatic carbocycles. The van der Waals surface area contributed by atoms with Crippen molar-refractivity contribution in [3.8, 4) is 0 Å². The van der Waals surface area contributed by atoms with Gasteiger partial charge in [0.05, 0.1) is 0 Å². The second kappa shape index (κ2) is 6.11. The second-order valence-corrected chi connectivity index (χ2v) is 4.42. The molecule has 3 nitrogen and oxygen atoms in total. The minimum Gasteiger partial charge on any atom is -0.340 e. The fraction of sp³-hybridized carbons (Fsp3) is 0.917. The van der Waals surface area contributed by atoms with Crippen molar-refractivity contribution in [1.29, 1.82) is 0 Å². The Labute approximate surface area is 93.0 Å². The summed E-state index contributed by atoms with van der Waals surface area (Å²) in [5, 5.41) is 0. The molecule has 2 unspecified atom stereocenters. The molecule has 88 valence electrons. The third-order valence-corrected chi connectivity index (χ3v) is 3.45. The standard InChI is InChI=1S/C12H24N2O/c1-3-6-12(15)14(4-2)11-8-5-7-10(11)9-13/h10-11H,3-9,13H2,1-2H3. The molecule has 0 spiro atoms. The zero-order valence-electron chi connectivity index (χ0n) is 10.0. The number of hydrogen-bond donors (Lipinski definition) is 1. The van der Waals surface area contributed by atoms with E-state index in [0.717, 1.165) is 25.9 Å². The third-order valence-electron chi connectivity index (χ3n) is 3.45. The quantitative estimate of drug-likeness (QED) is 0.755. The van der Waals surface area contributed by atoms with E-state index >= 15 is 0 Å². The van der Waals surface area contributed by atoms with E-state index in [1.807, 2.05) is 4.90 Å². The molecule has 1 aliphatic carbocycles. The van der Waals surface area contributed by atoms with Gasteiger partial charge in [-0.2, -0.15) is 0 Å². The molecule has 0 bridgehead atoms. The Kier molecular flexibility index (Phi) is 5.09. The van der Waals surface area contributed by atoms with E-state index in [1.165, 1.54) is 12.8 Å². The lowest BCUT2D eigenvalue weighted by Crippen LogP contribution is -2.43. The third kappa shape index (κ3) is 2.94. The van der Waals surface area contributed by atoms with Crippen molar-refractivity contribution in [1.82, 2.24) is 4.90 Å². The molecule has 1 rings (SSSR count). The van der Waals surface area contributed by atoms with Gasteiger partial charge in [-0.15, -0.1) is 0 Å². The number of carbonyl (C=O) groups is 1. The molecular formula is C12H24N2O. The summed E-state index contributed by atoms with van der Waals surface area (Å²) in [7, 11) is 0. The molecule has 3 heteroatoms. The summed E-state index contributed by atoms with van der Waals surface area (Å²) in [6, 6.07) is 0.416. The zero-order valence-corrected chi connectivity index (χ0v) is 10.0. The van der Waals surface area contributed by atoms with Crippen molar-refractivity contribution in [3.63, 3.8) is 0 Å². The van der Waals surface area contributed by atoms with E-state index in [-0.39, 0.29) is 0 Å². The van der Waals surface area contributed by atoms with Crippen LogP contribution in [0.3, 0.4) is 0 Å². The summed E-state index contributed by atoms with van der Waals surface area (Å²) < 4.78 is 0. The molecule has 2 atom stereocenters. The van der Waals surface area contributed by atoms with Gasteiger partial charge in [0.1, 0.15) is 0 Å². The summed E-state index contributed by atoms with van der Waals surface area (Å²) in [6.07, 6.45) is 5.18. The number of amides is 1. The SMILES string of the molecule is CCCC(=O)N(CC)C1CCCC1CN. The van der Waals surface area contributed by atoms with Crippen molar-refractivity contribution in [2.24, 2.45) is 11.7 Å². The van der Waals surface area contributed by atoms with Crippen LogP contribution in [0.15, 0.2) is 0 Å². The topological polar surface area (TPSA) is 46.3 Å². The first kappa shape index (κ1) is 12.5. The maximum absolute atomic E-state index is 11.9. The lowest BCUT2D eigenvalue weighted by atomic mass is 10.0. The van der Waals surface area contributed by atoms with Crippen LogP contribution in [-0.4, -0.2) is 29.9 Å². The van der Waals surface area contributed by atoms with E-state index in [9.17, 15) is 4.79 Å². The van der Waals surface area contributed by atoms with Gasteiger partial charge in [0, 0.05) is 19.0 Å². The lowest BCUT2D eigenvalue weighted by Gasteiger charge is -2.32. The van der Waals surface area contributed by atoms with Crippen LogP contribution >= 0.6 is 0 Å². The van der Waals surface area contributed by atoms with Crippen LogP contribution in [0.1, 0.15) is 46.0 Å². The maximum Gasteiger partial charge on any atom is 0.222 e. The largest absolute Gasteiger partial charge is 0.340 e. The Morgan fingerprint density at radius 2 is 2.13 bits per heavy atom. The fourth-order valence-electron chi connectivity index (χ4n) is 2.66. The number of rotatable bonds is 5. The Morgan fingerprint density at radius 1 is 1.40 bits per heavy atom. The molecule has 2 N–H and O–H groups in total.